The van der Waals surface area contributed by atoms with Crippen LogP contribution in [0.1, 0.15) is 139 Å². The number of aromatic nitrogens is 2. The first-order valence-corrected chi connectivity index (χ1v) is 20.8. The van der Waals surface area contributed by atoms with Crippen LogP contribution >= 0.6 is 0 Å². The molecule has 0 bridgehead atoms. The number of rotatable bonds is 12. The van der Waals surface area contributed by atoms with Crippen LogP contribution in [0, 0.1) is 45.3 Å². The van der Waals surface area contributed by atoms with E-state index in [4.69, 9.17) is 9.47 Å². The zero-order valence-corrected chi connectivity index (χ0v) is 35.3. The number of benzene rings is 1. The van der Waals surface area contributed by atoms with E-state index in [0.29, 0.717) is 24.7 Å². The Bertz CT molecular complexity index is 1920. The van der Waals surface area contributed by atoms with Gasteiger partial charge in [0.15, 0.2) is 5.78 Å². The van der Waals surface area contributed by atoms with Crippen molar-refractivity contribution < 1.29 is 29.0 Å². The number of ketones is 1. The largest absolute Gasteiger partial charge is 0.497 e. The number of carboxylic acid groups (broad SMARTS) is 1. The van der Waals surface area contributed by atoms with Gasteiger partial charge in [-0.25, -0.2) is 4.68 Å². The van der Waals surface area contributed by atoms with E-state index in [1.165, 1.54) is 5.57 Å². The van der Waals surface area contributed by atoms with E-state index in [9.17, 15) is 24.3 Å². The molecule has 4 aliphatic carbocycles. The molecule has 302 valence electrons. The van der Waals surface area contributed by atoms with Crippen LogP contribution in [0.3, 0.4) is 0 Å². The Morgan fingerprint density at radius 1 is 1.00 bits per heavy atom. The van der Waals surface area contributed by atoms with E-state index in [1.807, 2.05) is 42.9 Å². The van der Waals surface area contributed by atoms with Crippen molar-refractivity contribution in [3.05, 3.63) is 57.5 Å². The zero-order valence-electron chi connectivity index (χ0n) is 35.3. The maximum absolute atomic E-state index is 14.3. The van der Waals surface area contributed by atoms with E-state index in [-0.39, 0.29) is 51.9 Å². The van der Waals surface area contributed by atoms with Gasteiger partial charge in [-0.15, -0.1) is 0 Å². The van der Waals surface area contributed by atoms with E-state index in [0.717, 1.165) is 74.1 Å². The maximum atomic E-state index is 14.3. The molecule has 9 heteroatoms. The molecule has 0 spiro atoms. The minimum Gasteiger partial charge on any atom is -0.497 e. The summed E-state index contributed by atoms with van der Waals surface area (Å²) in [6.45, 7) is 19.5. The van der Waals surface area contributed by atoms with Crippen molar-refractivity contribution in [3.8, 4) is 11.4 Å². The van der Waals surface area contributed by atoms with Crippen molar-refractivity contribution in [2.45, 2.75) is 144 Å². The predicted octanol–water partition coefficient (Wildman–Crippen LogP) is 9.22. The molecule has 6 rings (SSSR count). The first-order valence-electron chi connectivity index (χ1n) is 20.8. The molecule has 4 aliphatic rings. The summed E-state index contributed by atoms with van der Waals surface area (Å²) in [6, 6.07) is 9.36. The lowest BCUT2D eigenvalue weighted by Crippen LogP contribution is -2.62. The van der Waals surface area contributed by atoms with Crippen LogP contribution in [-0.4, -0.2) is 45.4 Å². The standard InChI is InChI=1S/C46H66N2O7/c1-12-31(55-38(51)27-42(5,6)41(52)53)20-21-43(7)29(4)19-22-45(9)35(43)18-17-33-40-39(28(2)3)34(49)26-46(40,24-23-44(33,45)8)36-25-37(50)48(47(36)10)30-13-15-32(54-11)16-14-30/h13-16,25,28-29,31,33,35H,12,17-24,26-27H2,1-11H3,(H,52,53)/t29?,31?,33?,35?,43?,44-,45?,46?/m1/s1. The number of hydrogen-bond acceptors (Lipinski definition) is 6. The average Bonchev–Trinajstić information content (AvgIpc) is 3.60. The van der Waals surface area contributed by atoms with E-state index in [1.54, 1.807) is 31.7 Å². The van der Waals surface area contributed by atoms with Gasteiger partial charge in [0.05, 0.1) is 30.3 Å². The number of methoxy groups -OCH3 is 1. The summed E-state index contributed by atoms with van der Waals surface area (Å²) in [5.74, 6) is 0.790. The summed E-state index contributed by atoms with van der Waals surface area (Å²) in [5, 5.41) is 9.57. The summed E-state index contributed by atoms with van der Waals surface area (Å²) in [5.41, 5.74) is 2.23. The van der Waals surface area contributed by atoms with E-state index < -0.39 is 22.8 Å². The number of Topliss-reactive ketones (excluding diaryl/α,β-unsaturated/α-hetero) is 1. The molecule has 8 atom stereocenters. The van der Waals surface area contributed by atoms with Gasteiger partial charge in [-0.2, -0.15) is 0 Å². The Hall–Kier alpha value is -3.62. The second-order valence-corrected chi connectivity index (χ2v) is 19.5. The number of fused-ring (bicyclic) bond motifs is 5. The van der Waals surface area contributed by atoms with Crippen molar-refractivity contribution in [2.75, 3.05) is 7.11 Å². The molecule has 3 fully saturated rings. The van der Waals surface area contributed by atoms with Crippen molar-refractivity contribution >= 4 is 17.7 Å². The molecular formula is C46H66N2O7. The predicted molar refractivity (Wildman–Crippen MR) is 214 cm³/mol. The molecule has 2 aromatic rings. The first kappa shape index (κ1) is 41.0. The summed E-state index contributed by atoms with van der Waals surface area (Å²) in [6.07, 6.45) is 8.52. The average molecular weight is 759 g/mol. The maximum Gasteiger partial charge on any atom is 0.309 e. The second-order valence-electron chi connectivity index (χ2n) is 19.5. The molecule has 1 heterocycles. The molecule has 55 heavy (non-hydrogen) atoms. The van der Waals surface area contributed by atoms with Gasteiger partial charge in [-0.3, -0.25) is 23.9 Å². The van der Waals surface area contributed by atoms with Crippen molar-refractivity contribution in [1.29, 1.82) is 0 Å². The number of allylic oxidation sites excluding steroid dienone is 2. The highest BCUT2D eigenvalue weighted by Crippen LogP contribution is 2.74. The van der Waals surface area contributed by atoms with Crippen LogP contribution in [-0.2, 0) is 31.6 Å². The molecule has 0 aliphatic heterocycles. The molecule has 1 aromatic carbocycles. The number of nitrogens with zero attached hydrogens (tertiary/aromatic N) is 2. The van der Waals surface area contributed by atoms with Crippen LogP contribution in [0.25, 0.3) is 5.69 Å². The second kappa shape index (κ2) is 14.4. The van der Waals surface area contributed by atoms with Crippen molar-refractivity contribution in [1.82, 2.24) is 9.36 Å². The molecular weight excluding hydrogens is 693 g/mol. The quantitative estimate of drug-likeness (QED) is 0.215. The van der Waals surface area contributed by atoms with Gasteiger partial charge in [0.25, 0.3) is 5.56 Å². The third-order valence-corrected chi connectivity index (χ3v) is 16.0. The summed E-state index contributed by atoms with van der Waals surface area (Å²) in [7, 11) is 3.60. The fourth-order valence-corrected chi connectivity index (χ4v) is 12.4. The SMILES string of the molecule is CCC(CCC1(C)C(C)CCC2(C)C1CCC1C3=C(C(C)C)C(=O)CC3(c3cc(=O)n(-c4ccc(OC)cc4)n3C)CC[C@]12C)OC(=O)CC(C)(C)C(=O)O. The monoisotopic (exact) mass is 758 g/mol. The molecule has 0 radical (unpaired) electrons. The topological polar surface area (TPSA) is 117 Å². The number of carbonyl (C=O) groups is 3. The number of ether oxygens (including phenoxy) is 2. The van der Waals surface area contributed by atoms with Gasteiger partial charge >= 0.3 is 11.9 Å². The van der Waals surface area contributed by atoms with Crippen LogP contribution in [0.15, 0.2) is 46.3 Å². The molecule has 0 saturated heterocycles. The van der Waals surface area contributed by atoms with Crippen LogP contribution in [0.4, 0.5) is 0 Å². The van der Waals surface area contributed by atoms with E-state index in [2.05, 4.69) is 41.5 Å². The minimum absolute atomic E-state index is 0.0227. The number of carbonyl (C=O) groups excluding carboxylic acids is 2. The van der Waals surface area contributed by atoms with Gasteiger partial charge in [-0.1, -0.05) is 48.5 Å². The Morgan fingerprint density at radius 2 is 1.67 bits per heavy atom. The molecule has 0 amide bonds. The fourth-order valence-electron chi connectivity index (χ4n) is 12.4. The van der Waals surface area contributed by atoms with Gasteiger partial charge in [0, 0.05) is 24.9 Å². The highest BCUT2D eigenvalue weighted by Gasteiger charge is 2.68. The third kappa shape index (κ3) is 6.43. The smallest absolute Gasteiger partial charge is 0.309 e. The fraction of sp³-hybridized carbons (Fsp3) is 0.696. The number of esters is 1. The number of aliphatic carboxylic acids is 1. The Balaban J connectivity index is 1.34. The molecule has 1 aromatic heterocycles. The minimum atomic E-state index is -1.17. The Labute approximate surface area is 328 Å². The van der Waals surface area contributed by atoms with Gasteiger partial charge in [-0.05, 0) is 147 Å². The summed E-state index contributed by atoms with van der Waals surface area (Å²) >= 11 is 0. The van der Waals surface area contributed by atoms with Crippen LogP contribution in [0.2, 0.25) is 0 Å². The number of carboxylic acids is 1. The van der Waals surface area contributed by atoms with Crippen molar-refractivity contribution in [2.24, 2.45) is 52.4 Å². The number of hydrogen-bond donors (Lipinski definition) is 1. The van der Waals surface area contributed by atoms with Gasteiger partial charge in [0.2, 0.25) is 0 Å². The molecule has 7 unspecified atom stereocenters. The summed E-state index contributed by atoms with van der Waals surface area (Å²) in [4.78, 5) is 52.8. The highest BCUT2D eigenvalue weighted by molar-refractivity contribution is 6.01. The van der Waals surface area contributed by atoms with Gasteiger partial charge in [0.1, 0.15) is 11.9 Å². The van der Waals surface area contributed by atoms with E-state index >= 15 is 0 Å². The molecule has 3 saturated carbocycles. The third-order valence-electron chi connectivity index (χ3n) is 16.0. The lowest BCUT2D eigenvalue weighted by molar-refractivity contribution is -0.184. The normalized spacial score (nSPS) is 32.5. The molecule has 1 N–H and O–H groups in total. The van der Waals surface area contributed by atoms with Crippen molar-refractivity contribution in [3.63, 3.8) is 0 Å². The Kier molecular flexibility index (Phi) is 10.7. The summed E-state index contributed by atoms with van der Waals surface area (Å²) < 4.78 is 15.1. The molecule has 9 nitrogen and oxygen atoms in total. The Morgan fingerprint density at radius 3 is 2.27 bits per heavy atom. The lowest BCUT2D eigenvalue weighted by atomic mass is 9.35. The van der Waals surface area contributed by atoms with Crippen LogP contribution in [0.5, 0.6) is 5.75 Å². The zero-order chi connectivity index (χ0) is 40.5. The highest BCUT2D eigenvalue weighted by atomic mass is 16.5. The first-order chi connectivity index (χ1) is 25.7. The van der Waals surface area contributed by atoms with Gasteiger partial charge < -0.3 is 14.6 Å². The lowest BCUT2D eigenvalue weighted by Gasteiger charge is -2.69. The van der Waals surface area contributed by atoms with Crippen LogP contribution < -0.4 is 10.3 Å².